The highest BCUT2D eigenvalue weighted by Gasteiger charge is 2.41. The van der Waals surface area contributed by atoms with Crippen LogP contribution < -0.4 is 0 Å². The second-order valence-corrected chi connectivity index (χ2v) is 9.37. The van der Waals surface area contributed by atoms with Crippen molar-refractivity contribution in [3.8, 4) is 11.3 Å². The Kier molecular flexibility index (Phi) is 8.03. The Morgan fingerprint density at radius 2 is 1.89 bits per heavy atom. The molecule has 3 rings (SSSR count). The van der Waals surface area contributed by atoms with Crippen molar-refractivity contribution in [1.29, 1.82) is 0 Å². The van der Waals surface area contributed by atoms with E-state index in [1.54, 1.807) is 20.8 Å². The molecule has 0 spiro atoms. The number of likely N-dealkylation sites (tertiary alicyclic amines) is 1. The van der Waals surface area contributed by atoms with Crippen LogP contribution in [-0.2, 0) is 27.0 Å². The third kappa shape index (κ3) is 6.71. The van der Waals surface area contributed by atoms with Crippen LogP contribution >= 0.6 is 0 Å². The summed E-state index contributed by atoms with van der Waals surface area (Å²) in [5, 5.41) is 0. The van der Waals surface area contributed by atoms with E-state index in [9.17, 15) is 31.9 Å². The molecule has 9 nitrogen and oxygen atoms in total. The molecular weight excluding hydrogens is 500 g/mol. The molecule has 1 aliphatic heterocycles. The van der Waals surface area contributed by atoms with Crippen molar-refractivity contribution in [3.05, 3.63) is 47.4 Å². The third-order valence-electron chi connectivity index (χ3n) is 5.46. The van der Waals surface area contributed by atoms with E-state index in [4.69, 9.17) is 9.47 Å². The minimum absolute atomic E-state index is 0.0171. The lowest BCUT2D eigenvalue weighted by Gasteiger charge is -2.33. The standard InChI is InChI=1S/C24H26F4N4O5/c1-23(2,3)37-22(35)32-12-16(25)8-20(32)31(13-33)11-15-7-18(29-10-17(15)21(34)36-4)14-5-6-19(30-9-14)24(26,27)28/h5-7,9-10,13,16,20H,8,11-12H2,1-4H3/t16-,20+/m0/s1. The van der Waals surface area contributed by atoms with E-state index in [-0.39, 0.29) is 41.9 Å². The van der Waals surface area contributed by atoms with Gasteiger partial charge in [-0.05, 0) is 44.5 Å². The molecule has 2 amide bonds. The van der Waals surface area contributed by atoms with Gasteiger partial charge in [0.05, 0.1) is 24.9 Å². The molecule has 0 aromatic carbocycles. The lowest BCUT2D eigenvalue weighted by Crippen LogP contribution is -2.48. The molecule has 0 radical (unpaired) electrons. The first-order chi connectivity index (χ1) is 17.2. The van der Waals surface area contributed by atoms with Crippen molar-refractivity contribution in [2.24, 2.45) is 0 Å². The largest absolute Gasteiger partial charge is 0.465 e. The molecule has 0 N–H and O–H groups in total. The average Bonchev–Trinajstić information content (AvgIpc) is 3.22. The summed E-state index contributed by atoms with van der Waals surface area (Å²) >= 11 is 0. The van der Waals surface area contributed by atoms with E-state index in [1.165, 1.54) is 12.1 Å². The van der Waals surface area contributed by atoms with Crippen LogP contribution in [0.3, 0.4) is 0 Å². The molecule has 1 fully saturated rings. The number of aromatic nitrogens is 2. The Balaban J connectivity index is 1.95. The van der Waals surface area contributed by atoms with Crippen LogP contribution in [0.25, 0.3) is 11.3 Å². The van der Waals surface area contributed by atoms with E-state index >= 15 is 0 Å². The SMILES string of the molecule is COC(=O)c1cnc(-c2ccc(C(F)(F)F)nc2)cc1CN(C=O)[C@H]1C[C@H](F)CN1C(=O)OC(C)(C)C. The van der Waals surface area contributed by atoms with E-state index in [0.717, 1.165) is 35.4 Å². The van der Waals surface area contributed by atoms with Crippen LogP contribution in [-0.4, -0.2) is 69.8 Å². The lowest BCUT2D eigenvalue weighted by atomic mass is 10.0. The number of esters is 1. The highest BCUT2D eigenvalue weighted by atomic mass is 19.4. The Bertz CT molecular complexity index is 1150. The van der Waals surface area contributed by atoms with Crippen LogP contribution in [0.2, 0.25) is 0 Å². The predicted octanol–water partition coefficient (Wildman–Crippen LogP) is 4.21. The van der Waals surface area contributed by atoms with Crippen molar-refractivity contribution >= 4 is 18.5 Å². The van der Waals surface area contributed by atoms with E-state index in [1.807, 2.05) is 0 Å². The zero-order valence-electron chi connectivity index (χ0n) is 20.6. The number of carbonyl (C=O) groups is 3. The van der Waals surface area contributed by atoms with Gasteiger partial charge in [0, 0.05) is 30.9 Å². The highest BCUT2D eigenvalue weighted by Crippen LogP contribution is 2.30. The molecule has 1 aliphatic rings. The first-order valence-corrected chi connectivity index (χ1v) is 11.2. The van der Waals surface area contributed by atoms with Crippen LogP contribution in [0, 0.1) is 0 Å². The second-order valence-electron chi connectivity index (χ2n) is 9.37. The first-order valence-electron chi connectivity index (χ1n) is 11.2. The van der Waals surface area contributed by atoms with Gasteiger partial charge < -0.3 is 14.4 Å². The summed E-state index contributed by atoms with van der Waals surface area (Å²) in [6.45, 7) is 4.41. The second kappa shape index (κ2) is 10.7. The van der Waals surface area contributed by atoms with Gasteiger partial charge in [-0.3, -0.25) is 19.7 Å². The normalized spacial score (nSPS) is 17.9. The third-order valence-corrected chi connectivity index (χ3v) is 5.46. The van der Waals surface area contributed by atoms with Gasteiger partial charge in [-0.1, -0.05) is 0 Å². The average molecular weight is 526 g/mol. The zero-order valence-corrected chi connectivity index (χ0v) is 20.6. The molecular formula is C24H26F4N4O5. The molecule has 0 aliphatic carbocycles. The van der Waals surface area contributed by atoms with Gasteiger partial charge in [0.15, 0.2) is 0 Å². The molecule has 0 bridgehead atoms. The van der Waals surface area contributed by atoms with Gasteiger partial charge in [0.1, 0.15) is 23.6 Å². The smallest absolute Gasteiger partial charge is 0.433 e. The maximum atomic E-state index is 14.4. The summed E-state index contributed by atoms with van der Waals surface area (Å²) < 4.78 is 63.1. The van der Waals surface area contributed by atoms with E-state index in [0.29, 0.717) is 6.41 Å². The maximum absolute atomic E-state index is 14.4. The molecule has 0 unspecified atom stereocenters. The Labute approximate surface area is 210 Å². The number of pyridine rings is 2. The molecule has 37 heavy (non-hydrogen) atoms. The number of hydrogen-bond acceptors (Lipinski definition) is 7. The Morgan fingerprint density at radius 3 is 2.43 bits per heavy atom. The molecule has 1 saturated heterocycles. The van der Waals surface area contributed by atoms with Gasteiger partial charge in [-0.25, -0.2) is 14.0 Å². The minimum Gasteiger partial charge on any atom is -0.465 e. The molecule has 2 aromatic heterocycles. The topological polar surface area (TPSA) is 102 Å². The monoisotopic (exact) mass is 526 g/mol. The summed E-state index contributed by atoms with van der Waals surface area (Å²) in [5.41, 5.74) is -1.33. The lowest BCUT2D eigenvalue weighted by molar-refractivity contribution is -0.141. The van der Waals surface area contributed by atoms with Crippen LogP contribution in [0.15, 0.2) is 30.6 Å². The van der Waals surface area contributed by atoms with Crippen molar-refractivity contribution in [3.63, 3.8) is 0 Å². The Morgan fingerprint density at radius 1 is 1.19 bits per heavy atom. The number of hydrogen-bond donors (Lipinski definition) is 0. The number of alkyl halides is 4. The number of rotatable bonds is 6. The quantitative estimate of drug-likeness (QED) is 0.316. The molecule has 13 heteroatoms. The number of nitrogens with zero attached hydrogens (tertiary/aromatic N) is 4. The Hall–Kier alpha value is -3.77. The fourth-order valence-corrected chi connectivity index (χ4v) is 3.80. The molecule has 3 heterocycles. The van der Waals surface area contributed by atoms with Gasteiger partial charge in [0.2, 0.25) is 6.41 Å². The van der Waals surface area contributed by atoms with Gasteiger partial charge in [-0.2, -0.15) is 13.2 Å². The maximum Gasteiger partial charge on any atom is 0.433 e. The zero-order chi connectivity index (χ0) is 27.5. The molecule has 200 valence electrons. The molecule has 2 aromatic rings. The van der Waals surface area contributed by atoms with Crippen molar-refractivity contribution in [2.45, 2.75) is 57.9 Å². The van der Waals surface area contributed by atoms with Crippen LogP contribution in [0.1, 0.15) is 48.8 Å². The fraction of sp³-hybridized carbons (Fsp3) is 0.458. The molecule has 2 atom stereocenters. The number of methoxy groups -OCH3 is 1. The van der Waals surface area contributed by atoms with Gasteiger partial charge in [0.25, 0.3) is 0 Å². The van der Waals surface area contributed by atoms with Crippen molar-refractivity contribution < 1.29 is 41.4 Å². The fourth-order valence-electron chi connectivity index (χ4n) is 3.80. The summed E-state index contributed by atoms with van der Waals surface area (Å²) in [6.07, 6.45) is -5.44. The van der Waals surface area contributed by atoms with Gasteiger partial charge in [-0.15, -0.1) is 0 Å². The summed E-state index contributed by atoms with van der Waals surface area (Å²) in [4.78, 5) is 46.9. The summed E-state index contributed by atoms with van der Waals surface area (Å²) in [7, 11) is 1.15. The van der Waals surface area contributed by atoms with Crippen LogP contribution in [0.5, 0.6) is 0 Å². The molecule has 0 saturated carbocycles. The van der Waals surface area contributed by atoms with Crippen LogP contribution in [0.4, 0.5) is 22.4 Å². The van der Waals surface area contributed by atoms with Crippen molar-refractivity contribution in [2.75, 3.05) is 13.7 Å². The number of halogens is 4. The highest BCUT2D eigenvalue weighted by molar-refractivity contribution is 5.91. The van der Waals surface area contributed by atoms with E-state index in [2.05, 4.69) is 9.97 Å². The summed E-state index contributed by atoms with van der Waals surface area (Å²) in [5.74, 6) is -0.774. The van der Waals surface area contributed by atoms with Gasteiger partial charge >= 0.3 is 18.2 Å². The number of amides is 2. The minimum atomic E-state index is -4.62. The predicted molar refractivity (Wildman–Crippen MR) is 122 cm³/mol. The van der Waals surface area contributed by atoms with Crippen molar-refractivity contribution in [1.82, 2.24) is 19.8 Å². The number of ether oxygens (including phenoxy) is 2. The van der Waals surface area contributed by atoms with E-state index < -0.39 is 41.9 Å². The number of carbonyl (C=O) groups excluding carboxylic acids is 3. The first kappa shape index (κ1) is 27.8. The summed E-state index contributed by atoms with van der Waals surface area (Å²) in [6, 6.07) is 3.36.